The summed E-state index contributed by atoms with van der Waals surface area (Å²) in [4.78, 5) is 1.82. The molecule has 19 heavy (non-hydrogen) atoms. The molecule has 2 atom stereocenters. The number of fused-ring (bicyclic) bond motifs is 1. The number of hydrogen-bond donors (Lipinski definition) is 1. The molecular weight excluding hydrogens is 304 g/mol. The number of anilines is 1. The van der Waals surface area contributed by atoms with E-state index >= 15 is 0 Å². The topological polar surface area (TPSA) is 61.2 Å². The van der Waals surface area contributed by atoms with E-state index in [2.05, 4.69) is 0 Å². The van der Waals surface area contributed by atoms with Gasteiger partial charge in [0, 0.05) is 16.0 Å². The highest BCUT2D eigenvalue weighted by Gasteiger charge is 2.48. The van der Waals surface area contributed by atoms with E-state index in [1.54, 1.807) is 6.07 Å². The zero-order valence-corrected chi connectivity index (χ0v) is 12.6. The lowest BCUT2D eigenvalue weighted by atomic mass is 10.1. The fourth-order valence-electron chi connectivity index (χ4n) is 2.65. The molecular formula is C12H13ClN2O2S2. The third-order valence-corrected chi connectivity index (χ3v) is 7.12. The Morgan fingerprint density at radius 2 is 2.16 bits per heavy atom. The molecule has 0 radical (unpaired) electrons. The molecule has 0 amide bonds. The molecule has 1 aromatic rings. The van der Waals surface area contributed by atoms with Crippen LogP contribution in [0.2, 0.25) is 5.02 Å². The van der Waals surface area contributed by atoms with Gasteiger partial charge in [-0.3, -0.25) is 5.41 Å². The molecule has 0 unspecified atom stereocenters. The first-order valence-corrected chi connectivity index (χ1v) is 8.97. The number of amidine groups is 1. The first-order valence-electron chi connectivity index (χ1n) is 5.89. The number of halogens is 1. The van der Waals surface area contributed by atoms with Crippen LogP contribution in [0.5, 0.6) is 0 Å². The number of sulfone groups is 1. The zero-order chi connectivity index (χ0) is 13.8. The van der Waals surface area contributed by atoms with Crippen molar-refractivity contribution < 1.29 is 8.42 Å². The highest BCUT2D eigenvalue weighted by atomic mass is 35.5. The number of nitrogens with zero attached hydrogens (tertiary/aromatic N) is 1. The van der Waals surface area contributed by atoms with Gasteiger partial charge in [-0.1, -0.05) is 29.4 Å². The van der Waals surface area contributed by atoms with Gasteiger partial charge in [-0.25, -0.2) is 8.42 Å². The quantitative estimate of drug-likeness (QED) is 0.863. The molecule has 1 N–H and O–H groups in total. The fourth-order valence-corrected chi connectivity index (χ4v) is 6.60. The van der Waals surface area contributed by atoms with E-state index in [0.717, 1.165) is 11.3 Å². The molecule has 102 valence electrons. The third-order valence-electron chi connectivity index (χ3n) is 3.58. The Hall–Kier alpha value is -0.720. The van der Waals surface area contributed by atoms with Crippen LogP contribution < -0.4 is 4.90 Å². The van der Waals surface area contributed by atoms with Crippen molar-refractivity contribution in [1.29, 1.82) is 5.41 Å². The second-order valence-corrected chi connectivity index (χ2v) is 8.65. The van der Waals surface area contributed by atoms with Gasteiger partial charge in [-0.2, -0.15) is 0 Å². The van der Waals surface area contributed by atoms with E-state index in [9.17, 15) is 8.42 Å². The lowest BCUT2D eigenvalue weighted by Gasteiger charge is -2.25. The van der Waals surface area contributed by atoms with Crippen molar-refractivity contribution in [3.8, 4) is 0 Å². The van der Waals surface area contributed by atoms with Gasteiger partial charge in [0.1, 0.15) is 0 Å². The number of hydrogen-bond acceptors (Lipinski definition) is 4. The average Bonchev–Trinajstić information content (AvgIpc) is 2.73. The summed E-state index contributed by atoms with van der Waals surface area (Å²) in [5, 5.41) is 9.11. The minimum absolute atomic E-state index is 0.0316. The van der Waals surface area contributed by atoms with Gasteiger partial charge < -0.3 is 4.90 Å². The molecule has 0 saturated carbocycles. The Kier molecular flexibility index (Phi) is 3.07. The van der Waals surface area contributed by atoms with Crippen molar-refractivity contribution in [2.45, 2.75) is 18.2 Å². The number of benzene rings is 1. The number of nitrogens with one attached hydrogen (secondary N) is 1. The highest BCUT2D eigenvalue weighted by molar-refractivity contribution is 8.15. The molecule has 0 aliphatic carbocycles. The van der Waals surface area contributed by atoms with Crippen LogP contribution in [0.3, 0.4) is 0 Å². The molecule has 0 spiro atoms. The molecule has 4 nitrogen and oxygen atoms in total. The van der Waals surface area contributed by atoms with Crippen molar-refractivity contribution in [1.82, 2.24) is 0 Å². The lowest BCUT2D eigenvalue weighted by Crippen LogP contribution is -2.37. The van der Waals surface area contributed by atoms with E-state index in [4.69, 9.17) is 17.0 Å². The van der Waals surface area contributed by atoms with E-state index < -0.39 is 9.84 Å². The number of thioether (sulfide) groups is 1. The second kappa shape index (κ2) is 4.40. The molecule has 0 bridgehead atoms. The van der Waals surface area contributed by atoms with E-state index in [-0.39, 0.29) is 22.8 Å². The summed E-state index contributed by atoms with van der Waals surface area (Å²) >= 11 is 7.46. The predicted molar refractivity (Wildman–Crippen MR) is 80.2 cm³/mol. The third kappa shape index (κ3) is 2.15. The van der Waals surface area contributed by atoms with Gasteiger partial charge in [-0.05, 0) is 24.6 Å². The second-order valence-electron chi connectivity index (χ2n) is 4.86. The van der Waals surface area contributed by atoms with Crippen LogP contribution in [-0.2, 0) is 9.84 Å². The van der Waals surface area contributed by atoms with E-state index in [1.807, 2.05) is 24.0 Å². The van der Waals surface area contributed by atoms with Crippen LogP contribution >= 0.6 is 23.4 Å². The average molecular weight is 317 g/mol. The minimum atomic E-state index is -2.98. The van der Waals surface area contributed by atoms with Gasteiger partial charge in [0.15, 0.2) is 15.0 Å². The molecule has 7 heteroatoms. The fraction of sp³-hybridized carbons (Fsp3) is 0.417. The van der Waals surface area contributed by atoms with Crippen molar-refractivity contribution in [2.75, 3.05) is 16.4 Å². The Labute approximate surface area is 121 Å². The van der Waals surface area contributed by atoms with Gasteiger partial charge in [0.25, 0.3) is 0 Å². The lowest BCUT2D eigenvalue weighted by molar-refractivity contribution is 0.601. The smallest absolute Gasteiger partial charge is 0.161 e. The molecule has 2 heterocycles. The highest BCUT2D eigenvalue weighted by Crippen LogP contribution is 2.42. The van der Waals surface area contributed by atoms with Crippen LogP contribution in [-0.4, -0.2) is 36.4 Å². The largest absolute Gasteiger partial charge is 0.316 e. The first-order chi connectivity index (χ1) is 8.89. The van der Waals surface area contributed by atoms with Crippen molar-refractivity contribution in [3.63, 3.8) is 0 Å². The van der Waals surface area contributed by atoms with E-state index in [0.29, 0.717) is 10.2 Å². The van der Waals surface area contributed by atoms with Gasteiger partial charge >= 0.3 is 0 Å². The Balaban J connectivity index is 2.05. The molecule has 0 aromatic heterocycles. The van der Waals surface area contributed by atoms with Crippen LogP contribution in [0.4, 0.5) is 5.69 Å². The maximum atomic E-state index is 11.7. The van der Waals surface area contributed by atoms with Gasteiger partial charge in [0.2, 0.25) is 0 Å². The summed E-state index contributed by atoms with van der Waals surface area (Å²) in [7, 11) is -2.98. The Morgan fingerprint density at radius 1 is 1.42 bits per heavy atom. The van der Waals surface area contributed by atoms with Crippen LogP contribution in [0.25, 0.3) is 0 Å². The SMILES string of the molecule is Cc1c(Cl)cccc1N1C(=N)S[C@@H]2CS(=O)(=O)C[C@@H]21. The maximum absolute atomic E-state index is 11.7. The van der Waals surface area contributed by atoms with E-state index in [1.165, 1.54) is 11.8 Å². The predicted octanol–water partition coefficient (Wildman–Crippen LogP) is 2.30. The first kappa shape index (κ1) is 13.3. The van der Waals surface area contributed by atoms with Crippen molar-refractivity contribution in [2.24, 2.45) is 0 Å². The standard InChI is InChI=1S/C12H13ClN2O2S2/c1-7-8(13)3-2-4-9(7)15-10-5-19(16,17)6-11(10)18-12(15)14/h2-4,10-11,14H,5-6H2,1H3/t10-,11+/m0/s1. The molecule has 2 fully saturated rings. The van der Waals surface area contributed by atoms with Crippen molar-refractivity contribution in [3.05, 3.63) is 28.8 Å². The summed E-state index contributed by atoms with van der Waals surface area (Å²) in [6, 6.07) is 5.39. The molecule has 2 aliphatic rings. The molecule has 3 rings (SSSR count). The molecule has 2 aliphatic heterocycles. The summed E-state index contributed by atoms with van der Waals surface area (Å²) in [5.74, 6) is 0.291. The summed E-state index contributed by atoms with van der Waals surface area (Å²) in [6.45, 7) is 1.90. The summed E-state index contributed by atoms with van der Waals surface area (Å²) < 4.78 is 23.5. The zero-order valence-electron chi connectivity index (χ0n) is 10.3. The molecule has 2 saturated heterocycles. The monoisotopic (exact) mass is 316 g/mol. The normalized spacial score (nSPS) is 28.7. The van der Waals surface area contributed by atoms with Gasteiger partial charge in [0.05, 0.1) is 17.5 Å². The summed E-state index contributed by atoms with van der Waals surface area (Å²) in [6.07, 6.45) is 0. The summed E-state index contributed by atoms with van der Waals surface area (Å²) in [5.41, 5.74) is 1.73. The minimum Gasteiger partial charge on any atom is -0.316 e. The molecule has 1 aromatic carbocycles. The van der Waals surface area contributed by atoms with Crippen LogP contribution in [0.1, 0.15) is 5.56 Å². The Morgan fingerprint density at radius 3 is 2.89 bits per heavy atom. The van der Waals surface area contributed by atoms with Gasteiger partial charge in [-0.15, -0.1) is 0 Å². The number of rotatable bonds is 1. The van der Waals surface area contributed by atoms with Crippen molar-refractivity contribution >= 4 is 44.1 Å². The van der Waals surface area contributed by atoms with Crippen LogP contribution in [0.15, 0.2) is 18.2 Å². The van der Waals surface area contributed by atoms with Crippen LogP contribution in [0, 0.1) is 12.3 Å². The maximum Gasteiger partial charge on any atom is 0.161 e. The Bertz CT molecular complexity index is 660.